The van der Waals surface area contributed by atoms with Crippen molar-refractivity contribution in [2.45, 2.75) is 52.0 Å². The lowest BCUT2D eigenvalue weighted by molar-refractivity contribution is 0.244. The third-order valence-electron chi connectivity index (χ3n) is 5.74. The maximum absolute atomic E-state index is 12.7. The van der Waals surface area contributed by atoms with Crippen LogP contribution in [0.15, 0.2) is 42.5 Å². The molecule has 0 aliphatic heterocycles. The normalized spacial score (nSPS) is 14.5. The summed E-state index contributed by atoms with van der Waals surface area (Å²) in [5, 5.41) is 7.10. The Morgan fingerprint density at radius 2 is 1.74 bits per heavy atom. The van der Waals surface area contributed by atoms with Gasteiger partial charge in [0.2, 0.25) is 0 Å². The van der Waals surface area contributed by atoms with E-state index in [4.69, 9.17) is 28.2 Å². The van der Waals surface area contributed by atoms with E-state index < -0.39 is 0 Å². The molecule has 0 unspecified atom stereocenters. The smallest absolute Gasteiger partial charge is 0.320 e. The highest BCUT2D eigenvalue weighted by Crippen LogP contribution is 2.34. The van der Waals surface area contributed by atoms with Crippen LogP contribution in [0.1, 0.15) is 43.4 Å². The minimum Gasteiger partial charge on any atom is -0.335 e. The molecule has 1 heterocycles. The van der Waals surface area contributed by atoms with Gasteiger partial charge in [0, 0.05) is 22.3 Å². The van der Waals surface area contributed by atoms with Gasteiger partial charge in [-0.3, -0.25) is 9.88 Å². The number of urea groups is 1. The minimum atomic E-state index is -0.225. The molecule has 0 saturated heterocycles. The number of amides is 2. The molecule has 7 heteroatoms. The fourth-order valence-corrected chi connectivity index (χ4v) is 4.55. The Morgan fingerprint density at radius 1 is 1.03 bits per heavy atom. The Hall–Kier alpha value is -2.50. The first-order valence-corrected chi connectivity index (χ1v) is 11.4. The van der Waals surface area contributed by atoms with Crippen LogP contribution in [0.3, 0.4) is 0 Å². The van der Waals surface area contributed by atoms with Crippen LogP contribution >= 0.6 is 23.2 Å². The first-order chi connectivity index (χ1) is 14.9. The Morgan fingerprint density at radius 3 is 2.42 bits per heavy atom. The molecule has 5 nitrogen and oxygen atoms in total. The molecule has 2 N–H and O–H groups in total. The van der Waals surface area contributed by atoms with Crippen molar-refractivity contribution in [2.75, 3.05) is 5.32 Å². The minimum absolute atomic E-state index is 0.221. The van der Waals surface area contributed by atoms with E-state index in [1.165, 1.54) is 6.42 Å². The lowest BCUT2D eigenvalue weighted by Crippen LogP contribution is -2.39. The number of nitrogens with one attached hydrogen (secondary N) is 2. The second-order valence-electron chi connectivity index (χ2n) is 8.10. The summed E-state index contributed by atoms with van der Waals surface area (Å²) in [6.45, 7) is 3.99. The van der Waals surface area contributed by atoms with Crippen molar-refractivity contribution in [3.63, 3.8) is 0 Å². The first kappa shape index (κ1) is 21.7. The Balaban J connectivity index is 1.71. The van der Waals surface area contributed by atoms with Gasteiger partial charge in [0.1, 0.15) is 5.82 Å². The van der Waals surface area contributed by atoms with E-state index in [-0.39, 0.29) is 12.1 Å². The molecule has 162 valence electrons. The van der Waals surface area contributed by atoms with E-state index in [0.717, 1.165) is 48.2 Å². The van der Waals surface area contributed by atoms with Crippen molar-refractivity contribution < 1.29 is 4.79 Å². The number of aromatic nitrogens is 2. The molecule has 1 fully saturated rings. The molecular formula is C24H26Cl2N4O. The number of imidazole rings is 1. The quantitative estimate of drug-likeness (QED) is 0.447. The standard InChI is InChI=1S/C24H26Cl2N4O/c1-15-8-11-19(12-9-15)30-16(2)22(29-24(31)27-18-6-4-3-5-7-18)28-23(30)20-13-10-17(25)14-21(20)26/h8-14,18H,3-7H2,1-2H3,(H2,27,29,31). The number of hydrogen-bond acceptors (Lipinski definition) is 2. The Labute approximate surface area is 192 Å². The zero-order valence-electron chi connectivity index (χ0n) is 17.7. The van der Waals surface area contributed by atoms with Gasteiger partial charge in [0.25, 0.3) is 0 Å². The van der Waals surface area contributed by atoms with Gasteiger partial charge in [-0.2, -0.15) is 0 Å². The first-order valence-electron chi connectivity index (χ1n) is 10.6. The molecule has 0 radical (unpaired) electrons. The summed E-state index contributed by atoms with van der Waals surface area (Å²) < 4.78 is 2.00. The number of rotatable bonds is 4. The fourth-order valence-electron chi connectivity index (χ4n) is 4.06. The molecule has 0 atom stereocenters. The largest absolute Gasteiger partial charge is 0.335 e. The lowest BCUT2D eigenvalue weighted by atomic mass is 9.96. The molecule has 1 saturated carbocycles. The summed E-state index contributed by atoms with van der Waals surface area (Å²) in [6.07, 6.45) is 5.60. The summed E-state index contributed by atoms with van der Waals surface area (Å²) in [6, 6.07) is 13.5. The van der Waals surface area contributed by atoms with Crippen LogP contribution < -0.4 is 10.6 Å². The number of carbonyl (C=O) groups excluding carboxylic acids is 1. The zero-order valence-corrected chi connectivity index (χ0v) is 19.2. The number of halogens is 2. The SMILES string of the molecule is Cc1ccc(-n2c(-c3ccc(Cl)cc3Cl)nc(NC(=O)NC3CCCCC3)c2C)cc1. The van der Waals surface area contributed by atoms with Gasteiger partial charge in [-0.15, -0.1) is 0 Å². The van der Waals surface area contributed by atoms with Crippen LogP contribution in [-0.2, 0) is 0 Å². The molecule has 2 aromatic carbocycles. The summed E-state index contributed by atoms with van der Waals surface area (Å²) in [4.78, 5) is 17.4. The number of nitrogens with zero attached hydrogens (tertiary/aromatic N) is 2. The van der Waals surface area contributed by atoms with Gasteiger partial charge in [0.05, 0.1) is 10.7 Å². The topological polar surface area (TPSA) is 59.0 Å². The highest BCUT2D eigenvalue weighted by atomic mass is 35.5. The summed E-state index contributed by atoms with van der Waals surface area (Å²) in [5.41, 5.74) is 3.68. The van der Waals surface area contributed by atoms with Crippen molar-refractivity contribution in [3.05, 3.63) is 63.8 Å². The van der Waals surface area contributed by atoms with Gasteiger partial charge >= 0.3 is 6.03 Å². The van der Waals surface area contributed by atoms with E-state index in [0.29, 0.717) is 21.7 Å². The molecule has 0 bridgehead atoms. The predicted octanol–water partition coefficient (Wildman–Crippen LogP) is 6.92. The van der Waals surface area contributed by atoms with Gasteiger partial charge in [-0.05, 0) is 57.0 Å². The molecule has 2 amide bonds. The van der Waals surface area contributed by atoms with Crippen molar-refractivity contribution in [3.8, 4) is 17.1 Å². The van der Waals surface area contributed by atoms with Gasteiger partial charge in [-0.1, -0.05) is 60.2 Å². The third kappa shape index (κ3) is 4.89. The summed E-state index contributed by atoms with van der Waals surface area (Å²) in [5.74, 6) is 1.16. The average molecular weight is 457 g/mol. The summed E-state index contributed by atoms with van der Waals surface area (Å²) in [7, 11) is 0. The third-order valence-corrected chi connectivity index (χ3v) is 6.29. The zero-order chi connectivity index (χ0) is 22.0. The average Bonchev–Trinajstić information content (AvgIpc) is 3.05. The number of hydrogen-bond donors (Lipinski definition) is 2. The van der Waals surface area contributed by atoms with Crippen molar-refractivity contribution >= 4 is 35.1 Å². The molecular weight excluding hydrogens is 431 g/mol. The van der Waals surface area contributed by atoms with E-state index in [1.807, 2.05) is 48.7 Å². The Kier molecular flexibility index (Phi) is 6.54. The van der Waals surface area contributed by atoms with E-state index in [1.54, 1.807) is 12.1 Å². The lowest BCUT2D eigenvalue weighted by Gasteiger charge is -2.22. The van der Waals surface area contributed by atoms with Gasteiger partial charge in [-0.25, -0.2) is 9.78 Å². The van der Waals surface area contributed by atoms with Crippen molar-refractivity contribution in [1.82, 2.24) is 14.9 Å². The van der Waals surface area contributed by atoms with Crippen LogP contribution in [-0.4, -0.2) is 21.6 Å². The monoisotopic (exact) mass is 456 g/mol. The van der Waals surface area contributed by atoms with Crippen LogP contribution in [0, 0.1) is 13.8 Å². The van der Waals surface area contributed by atoms with E-state index >= 15 is 0 Å². The molecule has 3 aromatic rings. The number of benzene rings is 2. The van der Waals surface area contributed by atoms with Crippen molar-refractivity contribution in [2.24, 2.45) is 0 Å². The highest BCUT2D eigenvalue weighted by Gasteiger charge is 2.22. The maximum Gasteiger partial charge on any atom is 0.320 e. The predicted molar refractivity (Wildman–Crippen MR) is 128 cm³/mol. The van der Waals surface area contributed by atoms with Crippen LogP contribution in [0.25, 0.3) is 17.1 Å². The van der Waals surface area contributed by atoms with Crippen molar-refractivity contribution in [1.29, 1.82) is 0 Å². The molecule has 1 aromatic heterocycles. The fraction of sp³-hybridized carbons (Fsp3) is 0.333. The number of anilines is 1. The summed E-state index contributed by atoms with van der Waals surface area (Å²) >= 11 is 12.6. The van der Waals surface area contributed by atoms with Gasteiger partial charge < -0.3 is 5.32 Å². The molecule has 1 aliphatic carbocycles. The molecule has 0 spiro atoms. The number of aryl methyl sites for hydroxylation is 1. The van der Waals surface area contributed by atoms with Crippen LogP contribution in [0.5, 0.6) is 0 Å². The number of carbonyl (C=O) groups is 1. The second kappa shape index (κ2) is 9.33. The van der Waals surface area contributed by atoms with Crippen LogP contribution in [0.2, 0.25) is 10.0 Å². The van der Waals surface area contributed by atoms with E-state index in [2.05, 4.69) is 10.6 Å². The molecule has 4 rings (SSSR count). The van der Waals surface area contributed by atoms with E-state index in [9.17, 15) is 4.79 Å². The van der Waals surface area contributed by atoms with Crippen LogP contribution in [0.4, 0.5) is 10.6 Å². The molecule has 1 aliphatic rings. The second-order valence-corrected chi connectivity index (χ2v) is 8.94. The molecule has 31 heavy (non-hydrogen) atoms. The van der Waals surface area contributed by atoms with Gasteiger partial charge in [0.15, 0.2) is 5.82 Å². The Bertz CT molecular complexity index is 1090. The highest BCUT2D eigenvalue weighted by molar-refractivity contribution is 6.36. The maximum atomic E-state index is 12.7.